The zero-order chi connectivity index (χ0) is 44.6. The van der Waals surface area contributed by atoms with E-state index in [1.807, 2.05) is 66.7 Å². The van der Waals surface area contributed by atoms with Crippen molar-refractivity contribution in [2.45, 2.75) is 55.8 Å². The van der Waals surface area contributed by atoms with Crippen LogP contribution in [0.15, 0.2) is 103 Å². The number of sulfone groups is 1. The second-order valence-corrected chi connectivity index (χ2v) is 17.6. The third kappa shape index (κ3) is 8.39. The molecule has 0 bridgehead atoms. The maximum absolute atomic E-state index is 14.7. The number of hydrogen-bond donors (Lipinski definition) is 7. The van der Waals surface area contributed by atoms with Crippen LogP contribution < -0.4 is 16.0 Å². The summed E-state index contributed by atoms with van der Waals surface area (Å²) in [6.07, 6.45) is 3.27. The van der Waals surface area contributed by atoms with Gasteiger partial charge in [0.1, 0.15) is 30.4 Å². The van der Waals surface area contributed by atoms with Crippen molar-refractivity contribution in [1.29, 1.82) is 0 Å². The number of carboxylic acid groups (broad SMARTS) is 1. The Morgan fingerprint density at radius 3 is 1.63 bits per heavy atom. The fourth-order valence-electron chi connectivity index (χ4n) is 8.33. The van der Waals surface area contributed by atoms with Crippen molar-refractivity contribution in [1.82, 2.24) is 35.8 Å². The van der Waals surface area contributed by atoms with Crippen molar-refractivity contribution < 1.29 is 51.8 Å². The molecule has 8 rings (SSSR count). The highest BCUT2D eigenvalue weighted by Crippen LogP contribution is 2.38. The van der Waals surface area contributed by atoms with Crippen molar-refractivity contribution >= 4 is 78.1 Å². The standard InChI is InChI=1S/C44H43N7O11S/c1-23(52)62-21-27-22-63(59,60)43-38(61-2)42(56)51(43)37(27)41(55)49-35(16-25-19-46-32-13-7-4-10-29(25)32)39(53)48-34(15-24-18-45-31-12-6-3-9-28(24)31)40(54)50-36(44(57)58)17-26-20-47-33-14-8-5-11-30(26)33/h3-14,18-20,34-36,38,43,45-47H,15-17,21-22H2,1-2H3,(H,48,53)(H,49,55)(H,50,54)(H,57,58)/t34-,35-,36-,38-,43+/m0/s1. The highest BCUT2D eigenvalue weighted by Gasteiger charge is 2.60. The first-order chi connectivity index (χ1) is 30.2. The van der Waals surface area contributed by atoms with Crippen LogP contribution in [0.4, 0.5) is 0 Å². The van der Waals surface area contributed by atoms with Gasteiger partial charge in [0.15, 0.2) is 21.3 Å². The number of aliphatic carboxylic acids is 1. The Morgan fingerprint density at radius 1 is 0.730 bits per heavy atom. The topological polar surface area (TPSA) is 262 Å². The van der Waals surface area contributed by atoms with Crippen LogP contribution in [-0.4, -0.2) is 118 Å². The third-order valence-electron chi connectivity index (χ3n) is 11.4. The van der Waals surface area contributed by atoms with Gasteiger partial charge in [-0.25, -0.2) is 13.2 Å². The van der Waals surface area contributed by atoms with Crippen LogP contribution in [0.3, 0.4) is 0 Å². The normalized spacial score (nSPS) is 18.3. The number of aromatic amines is 3. The number of hydrogen-bond acceptors (Lipinski definition) is 10. The molecule has 2 aliphatic heterocycles. The highest BCUT2D eigenvalue weighted by molar-refractivity contribution is 7.92. The van der Waals surface area contributed by atoms with Gasteiger partial charge in [0.2, 0.25) is 11.8 Å². The largest absolute Gasteiger partial charge is 0.480 e. The van der Waals surface area contributed by atoms with Crippen molar-refractivity contribution in [3.8, 4) is 0 Å². The van der Waals surface area contributed by atoms with Gasteiger partial charge in [-0.1, -0.05) is 54.6 Å². The molecule has 0 spiro atoms. The number of methoxy groups -OCH3 is 1. The van der Waals surface area contributed by atoms with Gasteiger partial charge in [-0.15, -0.1) is 0 Å². The molecule has 2 aliphatic rings. The van der Waals surface area contributed by atoms with Gasteiger partial charge in [0.05, 0.1) is 5.75 Å². The Labute approximate surface area is 359 Å². The second-order valence-electron chi connectivity index (χ2n) is 15.5. The number of rotatable bonds is 16. The van der Waals surface area contributed by atoms with Crippen LogP contribution in [0.25, 0.3) is 32.7 Å². The number of β-lactam (4-membered cyclic amide) rings is 1. The number of esters is 1. The number of benzene rings is 3. The average molecular weight is 878 g/mol. The van der Waals surface area contributed by atoms with E-state index in [1.54, 1.807) is 24.7 Å². The van der Waals surface area contributed by atoms with Crippen LogP contribution in [0.5, 0.6) is 0 Å². The Hall–Kier alpha value is -7.25. The highest BCUT2D eigenvalue weighted by atomic mass is 32.2. The van der Waals surface area contributed by atoms with E-state index < -0.39 is 93.1 Å². The van der Waals surface area contributed by atoms with Crippen LogP contribution in [0.1, 0.15) is 23.6 Å². The third-order valence-corrected chi connectivity index (χ3v) is 13.3. The molecule has 5 heterocycles. The maximum Gasteiger partial charge on any atom is 0.326 e. The molecule has 7 N–H and O–H groups in total. The first kappa shape index (κ1) is 42.4. The number of aromatic nitrogens is 3. The molecule has 18 nitrogen and oxygen atoms in total. The predicted molar refractivity (Wildman–Crippen MR) is 228 cm³/mol. The summed E-state index contributed by atoms with van der Waals surface area (Å²) in [6, 6.07) is 17.6. The molecule has 19 heteroatoms. The minimum atomic E-state index is -4.12. The first-order valence-corrected chi connectivity index (χ1v) is 21.7. The molecule has 4 amide bonds. The van der Waals surface area contributed by atoms with Crippen molar-refractivity contribution in [3.05, 3.63) is 119 Å². The van der Waals surface area contributed by atoms with E-state index in [-0.39, 0.29) is 24.8 Å². The number of carbonyl (C=O) groups excluding carboxylic acids is 5. The van der Waals surface area contributed by atoms with Crippen molar-refractivity contribution in [2.75, 3.05) is 19.5 Å². The molecule has 3 aromatic carbocycles. The summed E-state index contributed by atoms with van der Waals surface area (Å²) in [4.78, 5) is 91.7. The van der Waals surface area contributed by atoms with Gasteiger partial charge >= 0.3 is 11.9 Å². The average Bonchev–Trinajstić information content (AvgIpc) is 3.99. The van der Waals surface area contributed by atoms with Crippen LogP contribution in [0.2, 0.25) is 0 Å². The SMILES string of the molecule is CO[C@H]1C(=O)N2C(C(=O)N[C@@H](Cc3c[nH]c4ccccc34)C(=O)N[C@@H](Cc3c[nH]c4ccccc34)C(=O)N[C@@H](Cc3c[nH]c4ccccc34)C(=O)O)=C(COC(C)=O)CS(=O)(=O)[C@H]12. The zero-order valence-corrected chi connectivity index (χ0v) is 34.8. The fraction of sp³-hybridized carbons (Fsp3) is 0.273. The van der Waals surface area contributed by atoms with Crippen LogP contribution >= 0.6 is 0 Å². The number of carbonyl (C=O) groups is 6. The fourth-order valence-corrected chi connectivity index (χ4v) is 10.3. The van der Waals surface area contributed by atoms with Crippen LogP contribution in [-0.2, 0) is 67.3 Å². The van der Waals surface area contributed by atoms with E-state index in [4.69, 9.17) is 9.47 Å². The molecule has 1 fully saturated rings. The molecule has 0 saturated carbocycles. The predicted octanol–water partition coefficient (Wildman–Crippen LogP) is 2.13. The number of carboxylic acids is 1. The number of H-pyrrole nitrogens is 3. The molecular formula is C44H43N7O11S. The zero-order valence-electron chi connectivity index (χ0n) is 34.0. The molecule has 63 heavy (non-hydrogen) atoms. The molecule has 1 saturated heterocycles. The summed E-state index contributed by atoms with van der Waals surface area (Å²) < 4.78 is 37.0. The monoisotopic (exact) mass is 877 g/mol. The Morgan fingerprint density at radius 2 is 1.17 bits per heavy atom. The van der Waals surface area contributed by atoms with E-state index in [1.165, 1.54) is 7.11 Å². The van der Waals surface area contributed by atoms with Gasteiger partial charge in [0.25, 0.3) is 11.8 Å². The number of amides is 4. The number of nitrogens with zero attached hydrogens (tertiary/aromatic N) is 1. The van der Waals surface area contributed by atoms with Gasteiger partial charge in [-0.05, 0) is 34.9 Å². The Balaban J connectivity index is 1.14. The maximum atomic E-state index is 14.7. The summed E-state index contributed by atoms with van der Waals surface area (Å²) >= 11 is 0. The molecule has 0 unspecified atom stereocenters. The second kappa shape index (κ2) is 17.3. The molecule has 0 radical (unpaired) electrons. The molecule has 6 aromatic rings. The van der Waals surface area contributed by atoms with E-state index >= 15 is 0 Å². The lowest BCUT2D eigenvalue weighted by atomic mass is 10.00. The van der Waals surface area contributed by atoms with E-state index in [9.17, 15) is 42.3 Å². The molecule has 3 aromatic heterocycles. The van der Waals surface area contributed by atoms with Crippen molar-refractivity contribution in [2.24, 2.45) is 0 Å². The summed E-state index contributed by atoms with van der Waals surface area (Å²) in [6.45, 7) is 0.461. The minimum absolute atomic E-state index is 0.0846. The molecule has 0 aliphatic carbocycles. The summed E-state index contributed by atoms with van der Waals surface area (Å²) in [5, 5.41) is 19.1. The number of ether oxygens (including phenoxy) is 2. The Kier molecular flexibility index (Phi) is 11.6. The first-order valence-electron chi connectivity index (χ1n) is 20.0. The Bertz CT molecular complexity index is 2950. The van der Waals surface area contributed by atoms with Gasteiger partial charge < -0.3 is 45.5 Å². The molecule has 326 valence electrons. The quantitative estimate of drug-likeness (QED) is 0.0547. The number of nitrogens with one attached hydrogen (secondary N) is 6. The lowest BCUT2D eigenvalue weighted by Crippen LogP contribution is -2.71. The van der Waals surface area contributed by atoms with Gasteiger partial charge in [-0.3, -0.25) is 28.9 Å². The van der Waals surface area contributed by atoms with E-state index in [0.29, 0.717) is 16.7 Å². The van der Waals surface area contributed by atoms with Crippen molar-refractivity contribution in [3.63, 3.8) is 0 Å². The summed E-state index contributed by atoms with van der Waals surface area (Å²) in [5.74, 6) is -6.35. The lowest BCUT2D eigenvalue weighted by molar-refractivity contribution is -0.161. The summed E-state index contributed by atoms with van der Waals surface area (Å²) in [5.41, 5.74) is 3.53. The van der Waals surface area contributed by atoms with Crippen LogP contribution in [0, 0.1) is 0 Å². The lowest BCUT2D eigenvalue weighted by Gasteiger charge is -2.48. The van der Waals surface area contributed by atoms with E-state index in [0.717, 1.165) is 44.5 Å². The molecular weight excluding hydrogens is 835 g/mol. The summed E-state index contributed by atoms with van der Waals surface area (Å²) in [7, 11) is -2.96. The number of para-hydroxylation sites is 3. The van der Waals surface area contributed by atoms with Gasteiger partial charge in [0, 0.05) is 90.2 Å². The molecule has 5 atom stereocenters. The smallest absolute Gasteiger partial charge is 0.326 e. The van der Waals surface area contributed by atoms with Gasteiger partial charge in [-0.2, -0.15) is 0 Å². The minimum Gasteiger partial charge on any atom is -0.480 e. The number of fused-ring (bicyclic) bond motifs is 4. The van der Waals surface area contributed by atoms with E-state index in [2.05, 4.69) is 30.9 Å².